The number of nitrogens with zero attached hydrogens (tertiary/aromatic N) is 4. The third-order valence-electron chi connectivity index (χ3n) is 5.75. The monoisotopic (exact) mass is 479 g/mol. The molecule has 1 aliphatic heterocycles. The van der Waals surface area contributed by atoms with Gasteiger partial charge in [0.25, 0.3) is 5.92 Å². The zero-order valence-electron chi connectivity index (χ0n) is 18.3. The molecule has 0 amide bonds. The van der Waals surface area contributed by atoms with E-state index in [9.17, 15) is 13.0 Å². The molecule has 1 aliphatic rings. The second kappa shape index (κ2) is 9.52. The average Bonchev–Trinajstić information content (AvgIpc) is 2.86. The first-order valence-corrected chi connectivity index (χ1v) is 12.2. The molecular weight excluding hydrogens is 456 g/mol. The minimum absolute atomic E-state index is 0.118. The van der Waals surface area contributed by atoms with Crippen LogP contribution in [-0.2, 0) is 17.5 Å². The Kier molecular flexibility index (Phi) is 6.30. The summed E-state index contributed by atoms with van der Waals surface area (Å²) in [4.78, 5) is 15.5. The number of halogens is 2. The molecule has 1 fully saturated rings. The Bertz CT molecular complexity index is 1340. The number of hydrogen-bond donors (Lipinski definition) is 1. The highest BCUT2D eigenvalue weighted by Gasteiger charge is 2.36. The zero-order valence-corrected chi connectivity index (χ0v) is 19.1. The molecule has 2 aromatic carbocycles. The number of pyridine rings is 1. The summed E-state index contributed by atoms with van der Waals surface area (Å²) >= 11 is 0. The molecular formula is C25H23F2N5OS. The van der Waals surface area contributed by atoms with Crippen LogP contribution in [0.5, 0.6) is 0 Å². The van der Waals surface area contributed by atoms with Crippen LogP contribution in [0.2, 0.25) is 0 Å². The van der Waals surface area contributed by atoms with E-state index < -0.39 is 16.9 Å². The molecule has 34 heavy (non-hydrogen) atoms. The molecule has 0 radical (unpaired) electrons. The van der Waals surface area contributed by atoms with Crippen molar-refractivity contribution in [1.29, 1.82) is 0 Å². The topological polar surface area (TPSA) is 71.0 Å². The molecule has 2 aromatic heterocycles. The summed E-state index contributed by atoms with van der Waals surface area (Å²) in [5.41, 5.74) is 3.51. The zero-order chi connectivity index (χ0) is 23.5. The van der Waals surface area contributed by atoms with E-state index in [1.54, 1.807) is 11.0 Å². The summed E-state index contributed by atoms with van der Waals surface area (Å²) in [6.07, 6.45) is 1.66. The lowest BCUT2D eigenvalue weighted by atomic mass is 10.1. The van der Waals surface area contributed by atoms with Gasteiger partial charge < -0.3 is 4.90 Å². The average molecular weight is 480 g/mol. The number of fused-ring (bicyclic) bond motifs is 1. The molecule has 1 saturated heterocycles. The summed E-state index contributed by atoms with van der Waals surface area (Å²) < 4.78 is 43.9. The van der Waals surface area contributed by atoms with Crippen molar-refractivity contribution in [3.63, 3.8) is 0 Å². The second-order valence-electron chi connectivity index (χ2n) is 8.25. The van der Waals surface area contributed by atoms with Gasteiger partial charge in [-0.05, 0) is 36.2 Å². The van der Waals surface area contributed by atoms with Gasteiger partial charge in [-0.15, -0.1) is 0 Å². The van der Waals surface area contributed by atoms with E-state index in [1.807, 2.05) is 60.7 Å². The summed E-state index contributed by atoms with van der Waals surface area (Å²) in [5.74, 6) is -2.34. The summed E-state index contributed by atoms with van der Waals surface area (Å²) in [7, 11) is -1.41. The molecule has 9 heteroatoms. The van der Waals surface area contributed by atoms with Crippen LogP contribution >= 0.6 is 0 Å². The molecule has 5 rings (SSSR count). The number of benzene rings is 2. The molecule has 0 spiro atoms. The van der Waals surface area contributed by atoms with Crippen LogP contribution < -0.4 is 9.62 Å². The van der Waals surface area contributed by atoms with Crippen LogP contribution in [0.1, 0.15) is 18.4 Å². The lowest BCUT2D eigenvalue weighted by molar-refractivity contribution is -0.0118. The van der Waals surface area contributed by atoms with E-state index in [2.05, 4.69) is 14.7 Å². The van der Waals surface area contributed by atoms with E-state index in [4.69, 9.17) is 4.98 Å². The molecule has 1 N–H and O–H groups in total. The number of alkyl halides is 2. The Hall–Kier alpha value is -3.30. The Morgan fingerprint density at radius 2 is 1.88 bits per heavy atom. The van der Waals surface area contributed by atoms with Crippen molar-refractivity contribution in [3.8, 4) is 11.3 Å². The molecule has 3 heterocycles. The molecule has 1 unspecified atom stereocenters. The van der Waals surface area contributed by atoms with Crippen molar-refractivity contribution in [1.82, 2.24) is 19.7 Å². The van der Waals surface area contributed by atoms with Gasteiger partial charge in [-0.3, -0.25) is 0 Å². The smallest absolute Gasteiger partial charge is 0.265 e. The highest BCUT2D eigenvalue weighted by molar-refractivity contribution is 7.83. The highest BCUT2D eigenvalue weighted by Crippen LogP contribution is 2.32. The highest BCUT2D eigenvalue weighted by atomic mass is 32.2. The van der Waals surface area contributed by atoms with Gasteiger partial charge in [-0.25, -0.2) is 32.7 Å². The van der Waals surface area contributed by atoms with E-state index in [1.165, 1.54) is 6.33 Å². The standard InChI is InChI=1S/C25H23F2N5OS/c26-25(27)12-5-13-32(16-25)24-23-22(28-17-29-24)11-10-21(31-23)19-8-4-9-20(14-19)34(33)30-15-18-6-2-1-3-7-18/h1-4,6-11,14,17,30H,5,12-13,15-16H2. The third-order valence-corrected chi connectivity index (χ3v) is 6.84. The molecule has 4 aromatic rings. The predicted molar refractivity (Wildman–Crippen MR) is 129 cm³/mol. The Morgan fingerprint density at radius 3 is 2.71 bits per heavy atom. The van der Waals surface area contributed by atoms with Crippen molar-refractivity contribution in [2.45, 2.75) is 30.2 Å². The van der Waals surface area contributed by atoms with E-state index in [-0.39, 0.29) is 13.0 Å². The van der Waals surface area contributed by atoms with Gasteiger partial charge in [0.2, 0.25) is 0 Å². The van der Waals surface area contributed by atoms with Crippen molar-refractivity contribution >= 4 is 27.8 Å². The molecule has 174 valence electrons. The van der Waals surface area contributed by atoms with Crippen molar-refractivity contribution < 1.29 is 13.0 Å². The summed E-state index contributed by atoms with van der Waals surface area (Å²) in [5, 5.41) is 0. The van der Waals surface area contributed by atoms with Gasteiger partial charge in [0.1, 0.15) is 22.8 Å². The molecule has 6 nitrogen and oxygen atoms in total. The SMILES string of the molecule is O=S(NCc1ccccc1)c1cccc(-c2ccc3ncnc(N4CCCC(F)(F)C4)c3n2)c1. The van der Waals surface area contributed by atoms with Crippen LogP contribution in [0.25, 0.3) is 22.3 Å². The Morgan fingerprint density at radius 1 is 1.03 bits per heavy atom. The maximum absolute atomic E-state index is 14.0. The van der Waals surface area contributed by atoms with Gasteiger partial charge in [0, 0.05) is 25.1 Å². The first-order chi connectivity index (χ1) is 16.5. The molecule has 0 saturated carbocycles. The fourth-order valence-electron chi connectivity index (χ4n) is 4.07. The van der Waals surface area contributed by atoms with Gasteiger partial charge >= 0.3 is 0 Å². The number of hydrogen-bond acceptors (Lipinski definition) is 5. The van der Waals surface area contributed by atoms with Gasteiger partial charge in [-0.1, -0.05) is 42.5 Å². The third kappa shape index (κ3) is 4.95. The van der Waals surface area contributed by atoms with E-state index in [0.717, 1.165) is 11.1 Å². The van der Waals surface area contributed by atoms with Crippen LogP contribution in [0.15, 0.2) is 78.0 Å². The number of piperidine rings is 1. The Balaban J connectivity index is 1.42. The molecule has 0 aliphatic carbocycles. The fourth-order valence-corrected chi connectivity index (χ4v) is 4.97. The quantitative estimate of drug-likeness (QED) is 0.433. The van der Waals surface area contributed by atoms with Gasteiger partial charge in [-0.2, -0.15) is 0 Å². The first kappa shape index (κ1) is 22.5. The van der Waals surface area contributed by atoms with Crippen LogP contribution in [-0.4, -0.2) is 38.2 Å². The lowest BCUT2D eigenvalue weighted by Crippen LogP contribution is -2.43. The largest absolute Gasteiger partial charge is 0.349 e. The fraction of sp³-hybridized carbons (Fsp3) is 0.240. The molecule has 1 atom stereocenters. The predicted octanol–water partition coefficient (Wildman–Crippen LogP) is 4.74. The van der Waals surface area contributed by atoms with Crippen LogP contribution in [0.3, 0.4) is 0 Å². The first-order valence-electron chi connectivity index (χ1n) is 11.0. The van der Waals surface area contributed by atoms with Crippen molar-refractivity contribution in [3.05, 3.63) is 78.6 Å². The number of rotatable bonds is 6. The van der Waals surface area contributed by atoms with E-state index >= 15 is 0 Å². The maximum Gasteiger partial charge on any atom is 0.265 e. The van der Waals surface area contributed by atoms with Crippen LogP contribution in [0.4, 0.5) is 14.6 Å². The van der Waals surface area contributed by atoms with Crippen LogP contribution in [0, 0.1) is 0 Å². The molecule has 0 bridgehead atoms. The number of nitrogens with one attached hydrogen (secondary N) is 1. The number of anilines is 1. The number of aromatic nitrogens is 3. The van der Waals surface area contributed by atoms with Crippen molar-refractivity contribution in [2.24, 2.45) is 0 Å². The normalized spacial score (nSPS) is 16.5. The minimum atomic E-state index is -2.75. The maximum atomic E-state index is 14.0. The lowest BCUT2D eigenvalue weighted by Gasteiger charge is -2.33. The van der Waals surface area contributed by atoms with Gasteiger partial charge in [0.15, 0.2) is 5.82 Å². The minimum Gasteiger partial charge on any atom is -0.349 e. The summed E-state index contributed by atoms with van der Waals surface area (Å²) in [6, 6.07) is 20.7. The Labute approximate surface area is 198 Å². The van der Waals surface area contributed by atoms with Crippen molar-refractivity contribution in [2.75, 3.05) is 18.0 Å². The summed E-state index contributed by atoms with van der Waals surface area (Å²) in [6.45, 7) is 0.592. The van der Waals surface area contributed by atoms with E-state index in [0.29, 0.717) is 47.0 Å². The van der Waals surface area contributed by atoms with Gasteiger partial charge in [0.05, 0.1) is 22.7 Å². The second-order valence-corrected chi connectivity index (χ2v) is 9.54.